The van der Waals surface area contributed by atoms with E-state index in [9.17, 15) is 9.59 Å². The number of fused-ring (bicyclic) bond motifs is 3. The van der Waals surface area contributed by atoms with E-state index in [0.29, 0.717) is 11.3 Å². The first kappa shape index (κ1) is 21.0. The Labute approximate surface area is 185 Å². The maximum absolute atomic E-state index is 12.2. The topological polar surface area (TPSA) is 84.9 Å². The lowest BCUT2D eigenvalue weighted by molar-refractivity contribution is 0.0696. The lowest BCUT2D eigenvalue weighted by Gasteiger charge is -2.14. The van der Waals surface area contributed by atoms with Crippen LogP contribution in [0.1, 0.15) is 33.0 Å². The first-order valence-electron chi connectivity index (χ1n) is 10.1. The predicted molar refractivity (Wildman–Crippen MR) is 120 cm³/mol. The van der Waals surface area contributed by atoms with Crippen LogP contribution >= 0.6 is 0 Å². The Hall–Kier alpha value is -4.24. The van der Waals surface area contributed by atoms with Crippen molar-refractivity contribution in [1.82, 2.24) is 5.32 Å². The van der Waals surface area contributed by atoms with Crippen LogP contribution in [0.4, 0.5) is 4.79 Å². The Kier molecular flexibility index (Phi) is 6.09. The third-order valence-electron chi connectivity index (χ3n) is 5.33. The van der Waals surface area contributed by atoms with E-state index in [1.165, 1.54) is 30.4 Å². The second-order valence-corrected chi connectivity index (χ2v) is 7.20. The summed E-state index contributed by atoms with van der Waals surface area (Å²) < 4.78 is 10.7. The highest BCUT2D eigenvalue weighted by molar-refractivity contribution is 5.88. The number of hydrogen-bond donors (Lipinski definition) is 2. The van der Waals surface area contributed by atoms with E-state index in [1.54, 1.807) is 6.07 Å². The number of nitrogens with one attached hydrogen (secondary N) is 1. The molecule has 0 aliphatic heterocycles. The number of ether oxygens (including phenoxy) is 2. The monoisotopic (exact) mass is 427 g/mol. The maximum atomic E-state index is 12.2. The number of carboxylic acids is 1. The third-order valence-corrected chi connectivity index (χ3v) is 5.33. The summed E-state index contributed by atoms with van der Waals surface area (Å²) in [4.78, 5) is 23.3. The predicted octanol–water partition coefficient (Wildman–Crippen LogP) is 4.28. The number of benzene rings is 3. The van der Waals surface area contributed by atoms with Gasteiger partial charge < -0.3 is 19.9 Å². The first-order chi connectivity index (χ1) is 15.6. The van der Waals surface area contributed by atoms with Crippen molar-refractivity contribution in [1.29, 1.82) is 0 Å². The molecule has 1 aliphatic carbocycles. The Balaban J connectivity index is 1.37. The van der Waals surface area contributed by atoms with Crippen LogP contribution in [0.25, 0.3) is 11.1 Å². The van der Waals surface area contributed by atoms with Crippen molar-refractivity contribution in [2.24, 2.45) is 0 Å². The fraction of sp³-hybridized carbons (Fsp3) is 0.154. The fourth-order valence-electron chi connectivity index (χ4n) is 3.84. The van der Waals surface area contributed by atoms with Gasteiger partial charge in [0.15, 0.2) is 0 Å². The molecular weight excluding hydrogens is 406 g/mol. The summed E-state index contributed by atoms with van der Waals surface area (Å²) in [5, 5.41) is 11.7. The second kappa shape index (κ2) is 9.27. The van der Waals surface area contributed by atoms with E-state index in [2.05, 4.69) is 41.4 Å². The van der Waals surface area contributed by atoms with E-state index in [4.69, 9.17) is 14.6 Å². The van der Waals surface area contributed by atoms with Gasteiger partial charge in [0.25, 0.3) is 0 Å². The molecule has 1 amide bonds. The van der Waals surface area contributed by atoms with Crippen molar-refractivity contribution in [3.8, 4) is 28.7 Å². The minimum absolute atomic E-state index is 0.0118. The quantitative estimate of drug-likeness (QED) is 0.594. The normalized spacial score (nSPS) is 11.5. The molecule has 0 spiro atoms. The van der Waals surface area contributed by atoms with Crippen LogP contribution in [0.3, 0.4) is 0 Å². The molecule has 3 aromatic carbocycles. The Morgan fingerprint density at radius 1 is 1.00 bits per heavy atom. The minimum Gasteiger partial charge on any atom is -0.495 e. The van der Waals surface area contributed by atoms with Crippen molar-refractivity contribution < 1.29 is 24.2 Å². The van der Waals surface area contributed by atoms with Crippen molar-refractivity contribution in [3.63, 3.8) is 0 Å². The fourth-order valence-corrected chi connectivity index (χ4v) is 3.84. The molecule has 0 saturated carbocycles. The second-order valence-electron chi connectivity index (χ2n) is 7.20. The Morgan fingerprint density at radius 3 is 2.28 bits per heavy atom. The molecule has 0 radical (unpaired) electrons. The van der Waals surface area contributed by atoms with Gasteiger partial charge in [0.1, 0.15) is 12.4 Å². The van der Waals surface area contributed by atoms with Gasteiger partial charge in [-0.2, -0.15) is 0 Å². The summed E-state index contributed by atoms with van der Waals surface area (Å²) in [6.45, 7) is 0.277. The van der Waals surface area contributed by atoms with Crippen LogP contribution in [0.2, 0.25) is 0 Å². The molecule has 3 aromatic rings. The third kappa shape index (κ3) is 4.28. The SMILES string of the molecule is COc1ccc(C(=O)O)cc1C#CCNC(=O)OCC1c2ccccc2-c2ccccc21. The summed E-state index contributed by atoms with van der Waals surface area (Å²) in [6, 6.07) is 20.7. The van der Waals surface area contributed by atoms with Gasteiger partial charge >= 0.3 is 12.1 Å². The zero-order chi connectivity index (χ0) is 22.5. The number of hydrogen-bond acceptors (Lipinski definition) is 4. The number of methoxy groups -OCH3 is 1. The van der Waals surface area contributed by atoms with Gasteiger partial charge in [-0.1, -0.05) is 60.4 Å². The van der Waals surface area contributed by atoms with E-state index in [1.807, 2.05) is 24.3 Å². The molecule has 0 fully saturated rings. The standard InChI is InChI=1S/C26H21NO5/c1-31-24-13-12-18(25(28)29)15-17(24)7-6-14-27-26(30)32-16-23-21-10-4-2-8-19(21)20-9-3-5-11-22(20)23/h2-5,8-13,15,23H,14,16H2,1H3,(H,27,30)(H,28,29). The summed E-state index contributed by atoms with van der Waals surface area (Å²) >= 11 is 0. The van der Waals surface area contributed by atoms with E-state index < -0.39 is 12.1 Å². The molecule has 0 unspecified atom stereocenters. The summed E-state index contributed by atoms with van der Waals surface area (Å²) in [7, 11) is 1.48. The molecule has 0 bridgehead atoms. The highest BCUT2D eigenvalue weighted by Gasteiger charge is 2.28. The van der Waals surface area contributed by atoms with Gasteiger partial charge in [0, 0.05) is 5.92 Å². The summed E-state index contributed by atoms with van der Waals surface area (Å²) in [6.07, 6.45) is -0.563. The number of carbonyl (C=O) groups is 2. The zero-order valence-corrected chi connectivity index (χ0v) is 17.4. The molecule has 32 heavy (non-hydrogen) atoms. The van der Waals surface area contributed by atoms with Crippen molar-refractivity contribution in [3.05, 3.63) is 89.0 Å². The average Bonchev–Trinajstić information content (AvgIpc) is 3.14. The molecule has 0 heterocycles. The highest BCUT2D eigenvalue weighted by Crippen LogP contribution is 2.44. The number of rotatable bonds is 5. The van der Waals surface area contributed by atoms with Crippen LogP contribution < -0.4 is 10.1 Å². The van der Waals surface area contributed by atoms with E-state index >= 15 is 0 Å². The molecule has 6 heteroatoms. The van der Waals surface area contributed by atoms with Crippen LogP contribution in [0.5, 0.6) is 5.75 Å². The summed E-state index contributed by atoms with van der Waals surface area (Å²) in [5.41, 5.74) is 5.17. The smallest absolute Gasteiger partial charge is 0.407 e. The number of alkyl carbamates (subject to hydrolysis) is 1. The van der Waals surface area contributed by atoms with Crippen LogP contribution in [-0.2, 0) is 4.74 Å². The summed E-state index contributed by atoms with van der Waals surface area (Å²) in [5.74, 6) is 5.03. The largest absolute Gasteiger partial charge is 0.495 e. The van der Waals surface area contributed by atoms with Gasteiger partial charge in [-0.25, -0.2) is 9.59 Å². The van der Waals surface area contributed by atoms with E-state index in [0.717, 1.165) is 11.1 Å². The molecule has 0 aromatic heterocycles. The highest BCUT2D eigenvalue weighted by atomic mass is 16.5. The van der Waals surface area contributed by atoms with Gasteiger partial charge in [-0.15, -0.1) is 0 Å². The molecule has 2 N–H and O–H groups in total. The average molecular weight is 427 g/mol. The lowest BCUT2D eigenvalue weighted by atomic mass is 9.98. The first-order valence-corrected chi connectivity index (χ1v) is 10.1. The molecule has 0 atom stereocenters. The zero-order valence-electron chi connectivity index (χ0n) is 17.4. The Morgan fingerprint density at radius 2 is 1.66 bits per heavy atom. The molecule has 0 saturated heterocycles. The maximum Gasteiger partial charge on any atom is 0.407 e. The number of carbonyl (C=O) groups excluding carboxylic acids is 1. The van der Waals surface area contributed by atoms with Crippen LogP contribution in [-0.4, -0.2) is 37.4 Å². The molecule has 160 valence electrons. The molecule has 4 rings (SSSR count). The van der Waals surface area contributed by atoms with Crippen LogP contribution in [0.15, 0.2) is 66.7 Å². The number of carboxylic acid groups (broad SMARTS) is 1. The van der Waals surface area contributed by atoms with Crippen molar-refractivity contribution >= 4 is 12.1 Å². The Bertz CT molecular complexity index is 1190. The minimum atomic E-state index is -1.05. The van der Waals surface area contributed by atoms with Gasteiger partial charge in [-0.3, -0.25) is 0 Å². The number of aromatic carboxylic acids is 1. The van der Waals surface area contributed by atoms with Crippen LogP contribution in [0, 0.1) is 11.8 Å². The molecular formula is C26H21NO5. The van der Waals surface area contributed by atoms with Crippen molar-refractivity contribution in [2.75, 3.05) is 20.3 Å². The van der Waals surface area contributed by atoms with Gasteiger partial charge in [0.2, 0.25) is 0 Å². The number of amides is 1. The molecule has 6 nitrogen and oxygen atoms in total. The molecule has 1 aliphatic rings. The van der Waals surface area contributed by atoms with Gasteiger partial charge in [-0.05, 0) is 40.5 Å². The van der Waals surface area contributed by atoms with Gasteiger partial charge in [0.05, 0.1) is 24.8 Å². The van der Waals surface area contributed by atoms with Crippen molar-refractivity contribution in [2.45, 2.75) is 5.92 Å². The van der Waals surface area contributed by atoms with E-state index in [-0.39, 0.29) is 24.6 Å². The lowest BCUT2D eigenvalue weighted by Crippen LogP contribution is -2.26.